The minimum atomic E-state index is -0.138. The Morgan fingerprint density at radius 1 is 1.32 bits per heavy atom. The second kappa shape index (κ2) is 9.24. The number of methoxy groups -OCH3 is 1. The van der Waals surface area contributed by atoms with Crippen molar-refractivity contribution in [3.63, 3.8) is 0 Å². The molecule has 2 heterocycles. The Kier molecular flexibility index (Phi) is 6.73. The average molecular weight is 386 g/mol. The number of aromatic nitrogens is 1. The minimum Gasteiger partial charge on any atom is -0.497 e. The van der Waals surface area contributed by atoms with Gasteiger partial charge >= 0.3 is 0 Å². The van der Waals surface area contributed by atoms with Gasteiger partial charge in [-0.3, -0.25) is 14.5 Å². The maximum Gasteiger partial charge on any atom is 0.251 e. The number of amides is 1. The number of benzene rings is 1. The summed E-state index contributed by atoms with van der Waals surface area (Å²) in [6.45, 7) is 7.33. The third-order valence-electron chi connectivity index (χ3n) is 5.79. The third-order valence-corrected chi connectivity index (χ3v) is 5.79. The highest BCUT2D eigenvalue weighted by atomic mass is 16.5. The molecule has 1 saturated heterocycles. The number of fused-ring (bicyclic) bond motifs is 1. The Hall–Kier alpha value is -2.34. The first-order chi connectivity index (χ1) is 13.5. The number of ether oxygens (including phenoxy) is 1. The van der Waals surface area contributed by atoms with Gasteiger partial charge in [-0.1, -0.05) is 6.92 Å². The maximum atomic E-state index is 12.3. The summed E-state index contributed by atoms with van der Waals surface area (Å²) in [5, 5.41) is 3.93. The Morgan fingerprint density at radius 3 is 2.79 bits per heavy atom. The van der Waals surface area contributed by atoms with Crippen molar-refractivity contribution in [3.8, 4) is 5.75 Å². The van der Waals surface area contributed by atoms with Crippen LogP contribution >= 0.6 is 0 Å². The highest BCUT2D eigenvalue weighted by Crippen LogP contribution is 2.19. The van der Waals surface area contributed by atoms with Gasteiger partial charge in [-0.15, -0.1) is 0 Å². The highest BCUT2D eigenvalue weighted by molar-refractivity contribution is 5.81. The molecule has 1 amide bonds. The van der Waals surface area contributed by atoms with Crippen LogP contribution in [-0.2, 0) is 11.2 Å². The van der Waals surface area contributed by atoms with Gasteiger partial charge in [-0.2, -0.15) is 0 Å². The molecule has 6 heteroatoms. The standard InChI is InChI=1S/C22H31N3O3/c1-15-8-10-25(11-9-15)16(2)14-23-21(26)7-4-17-12-18-13-19(28-3)5-6-20(18)24-22(17)27/h5-6,12-13,15-16H,4,7-11,14H2,1-3H3,(H,23,26)(H,24,27). The Labute approximate surface area is 166 Å². The number of carbonyl (C=O) groups excluding carboxylic acids is 1. The van der Waals surface area contributed by atoms with Crippen molar-refractivity contribution in [1.82, 2.24) is 15.2 Å². The zero-order valence-corrected chi connectivity index (χ0v) is 17.1. The van der Waals surface area contributed by atoms with E-state index in [-0.39, 0.29) is 11.5 Å². The summed E-state index contributed by atoms with van der Waals surface area (Å²) < 4.78 is 5.24. The van der Waals surface area contributed by atoms with Gasteiger partial charge in [0.1, 0.15) is 5.75 Å². The van der Waals surface area contributed by atoms with Crippen LogP contribution in [0.3, 0.4) is 0 Å². The van der Waals surface area contributed by atoms with Crippen LogP contribution < -0.4 is 15.6 Å². The molecular weight excluding hydrogens is 354 g/mol. The van der Waals surface area contributed by atoms with Crippen LogP contribution in [0.1, 0.15) is 38.7 Å². The van der Waals surface area contributed by atoms with Crippen molar-refractivity contribution in [2.75, 3.05) is 26.7 Å². The number of likely N-dealkylation sites (tertiary alicyclic amines) is 1. The summed E-state index contributed by atoms with van der Waals surface area (Å²) >= 11 is 0. The molecule has 3 rings (SSSR count). The van der Waals surface area contributed by atoms with Crippen molar-refractivity contribution in [2.24, 2.45) is 5.92 Å². The predicted molar refractivity (Wildman–Crippen MR) is 112 cm³/mol. The summed E-state index contributed by atoms with van der Waals surface area (Å²) in [6, 6.07) is 7.72. The molecule has 6 nitrogen and oxygen atoms in total. The summed E-state index contributed by atoms with van der Waals surface area (Å²) in [7, 11) is 1.61. The van der Waals surface area contributed by atoms with Crippen molar-refractivity contribution in [3.05, 3.63) is 40.2 Å². The number of nitrogens with one attached hydrogen (secondary N) is 2. The first-order valence-electron chi connectivity index (χ1n) is 10.2. The van der Waals surface area contributed by atoms with Gasteiger partial charge in [-0.25, -0.2) is 0 Å². The maximum absolute atomic E-state index is 12.3. The first kappa shape index (κ1) is 20.4. The van der Waals surface area contributed by atoms with Crippen LogP contribution in [-0.4, -0.2) is 48.6 Å². The number of piperidine rings is 1. The Bertz CT molecular complexity index is 869. The zero-order valence-electron chi connectivity index (χ0n) is 17.1. The molecule has 0 radical (unpaired) electrons. The topological polar surface area (TPSA) is 74.4 Å². The SMILES string of the molecule is COc1ccc2[nH]c(=O)c(CCC(=O)NCC(C)N3CCC(C)CC3)cc2c1. The fourth-order valence-electron chi connectivity index (χ4n) is 3.74. The van der Waals surface area contributed by atoms with Crippen LogP contribution in [0.5, 0.6) is 5.75 Å². The van der Waals surface area contributed by atoms with E-state index in [0.717, 1.165) is 35.7 Å². The summed E-state index contributed by atoms with van der Waals surface area (Å²) in [6.07, 6.45) is 3.19. The molecule has 0 aliphatic carbocycles. The van der Waals surface area contributed by atoms with E-state index < -0.39 is 0 Å². The lowest BCUT2D eigenvalue weighted by Gasteiger charge is -2.35. The number of nitrogens with zero attached hydrogens (tertiary/aromatic N) is 1. The van der Waals surface area contributed by atoms with Crippen molar-refractivity contribution >= 4 is 16.8 Å². The number of hydrogen-bond donors (Lipinski definition) is 2. The van der Waals surface area contributed by atoms with Gasteiger partial charge in [0.15, 0.2) is 0 Å². The number of aromatic amines is 1. The van der Waals surface area contributed by atoms with E-state index >= 15 is 0 Å². The molecule has 1 fully saturated rings. The molecule has 28 heavy (non-hydrogen) atoms. The number of H-pyrrole nitrogens is 1. The second-order valence-electron chi connectivity index (χ2n) is 7.95. The predicted octanol–water partition coefficient (Wildman–Crippen LogP) is 2.71. The number of hydrogen-bond acceptors (Lipinski definition) is 4. The highest BCUT2D eigenvalue weighted by Gasteiger charge is 2.20. The van der Waals surface area contributed by atoms with Crippen LogP contribution in [0.25, 0.3) is 10.9 Å². The molecule has 0 spiro atoms. The number of aryl methyl sites for hydroxylation is 1. The van der Waals surface area contributed by atoms with E-state index in [2.05, 4.69) is 29.0 Å². The van der Waals surface area contributed by atoms with E-state index in [1.807, 2.05) is 24.3 Å². The molecule has 1 aliphatic heterocycles. The number of rotatable bonds is 7. The van der Waals surface area contributed by atoms with Gasteiger partial charge in [0.05, 0.1) is 7.11 Å². The quantitative estimate of drug-likeness (QED) is 0.769. The van der Waals surface area contributed by atoms with Crippen molar-refractivity contribution < 1.29 is 9.53 Å². The zero-order chi connectivity index (χ0) is 20.1. The lowest BCUT2D eigenvalue weighted by atomic mass is 9.98. The molecular formula is C22H31N3O3. The summed E-state index contributed by atoms with van der Waals surface area (Å²) in [4.78, 5) is 29.9. The van der Waals surface area contributed by atoms with Gasteiger partial charge in [-0.05, 0) is 69.5 Å². The van der Waals surface area contributed by atoms with E-state index in [0.29, 0.717) is 31.0 Å². The van der Waals surface area contributed by atoms with E-state index in [4.69, 9.17) is 4.74 Å². The first-order valence-corrected chi connectivity index (χ1v) is 10.2. The van der Waals surface area contributed by atoms with Crippen LogP contribution in [0, 0.1) is 5.92 Å². The molecule has 2 N–H and O–H groups in total. The Morgan fingerprint density at radius 2 is 2.07 bits per heavy atom. The molecule has 0 bridgehead atoms. The summed E-state index contributed by atoms with van der Waals surface area (Å²) in [5.74, 6) is 1.53. The van der Waals surface area contributed by atoms with Crippen LogP contribution in [0.15, 0.2) is 29.1 Å². The molecule has 152 valence electrons. The van der Waals surface area contributed by atoms with Crippen molar-refractivity contribution in [2.45, 2.75) is 45.6 Å². The second-order valence-corrected chi connectivity index (χ2v) is 7.95. The Balaban J connectivity index is 1.52. The lowest BCUT2D eigenvalue weighted by Crippen LogP contribution is -2.45. The number of carbonyl (C=O) groups is 1. The average Bonchev–Trinajstić information content (AvgIpc) is 2.70. The van der Waals surface area contributed by atoms with E-state index in [9.17, 15) is 9.59 Å². The molecule has 1 aromatic heterocycles. The molecule has 2 aromatic rings. The lowest BCUT2D eigenvalue weighted by molar-refractivity contribution is -0.121. The van der Waals surface area contributed by atoms with Crippen LogP contribution in [0.2, 0.25) is 0 Å². The summed E-state index contributed by atoms with van der Waals surface area (Å²) in [5.41, 5.74) is 1.25. The largest absolute Gasteiger partial charge is 0.497 e. The number of pyridine rings is 1. The molecule has 1 atom stereocenters. The molecule has 1 aliphatic rings. The molecule has 0 saturated carbocycles. The fourth-order valence-corrected chi connectivity index (χ4v) is 3.74. The van der Waals surface area contributed by atoms with Crippen molar-refractivity contribution in [1.29, 1.82) is 0 Å². The normalized spacial score (nSPS) is 16.8. The molecule has 1 aromatic carbocycles. The minimum absolute atomic E-state index is 0.0117. The van der Waals surface area contributed by atoms with Gasteiger partial charge < -0.3 is 15.0 Å². The third kappa shape index (κ3) is 5.13. The molecule has 1 unspecified atom stereocenters. The van der Waals surface area contributed by atoms with Gasteiger partial charge in [0, 0.05) is 35.5 Å². The smallest absolute Gasteiger partial charge is 0.251 e. The van der Waals surface area contributed by atoms with Crippen LogP contribution in [0.4, 0.5) is 0 Å². The van der Waals surface area contributed by atoms with Gasteiger partial charge in [0.2, 0.25) is 5.91 Å². The fraction of sp³-hybridized carbons (Fsp3) is 0.545. The van der Waals surface area contributed by atoms with E-state index in [1.54, 1.807) is 7.11 Å². The monoisotopic (exact) mass is 385 g/mol. The van der Waals surface area contributed by atoms with E-state index in [1.165, 1.54) is 12.8 Å². The van der Waals surface area contributed by atoms with Gasteiger partial charge in [0.25, 0.3) is 5.56 Å².